The molecule has 5 N–H and O–H groups in total. The Morgan fingerprint density at radius 2 is 1.61 bits per heavy atom. The summed E-state index contributed by atoms with van der Waals surface area (Å²) >= 11 is 0. The first-order valence-corrected chi connectivity index (χ1v) is 15.1. The number of hydrogen-bond donors (Lipinski definition) is 3. The third kappa shape index (κ3) is 5.51. The topological polar surface area (TPSA) is 154 Å². The third-order valence-corrected chi connectivity index (χ3v) is 9.09. The second kappa shape index (κ2) is 13.2. The van der Waals surface area contributed by atoms with Crippen LogP contribution in [0, 0.1) is 17.0 Å². The van der Waals surface area contributed by atoms with Crippen LogP contribution in [0.2, 0.25) is 0 Å². The Labute approximate surface area is 287 Å². The number of para-hydroxylation sites is 2. The molecule has 2 heterocycles. The minimum Gasteiger partial charge on any atom is -0.496 e. The van der Waals surface area contributed by atoms with E-state index in [1.165, 1.54) is 20.4 Å². The third-order valence-electron chi connectivity index (χ3n) is 9.09. The first-order valence-electron chi connectivity index (χ1n) is 15.1. The summed E-state index contributed by atoms with van der Waals surface area (Å²) in [6.45, 7) is 8.54. The fourth-order valence-corrected chi connectivity index (χ4v) is 6.72. The minimum atomic E-state index is -2.57. The molecule has 1 aromatic heterocycles. The number of carbonyl (C=O) groups is 2. The zero-order valence-electron chi connectivity index (χ0n) is 26.7. The molecule has 1 saturated carbocycles. The SMILES string of the molecule is C=C(c1ccccc1OC)C1N(C2CC2)c2c(F)cc(F)c(Cc3cnc(N)nc3N)c2C(=O)C1(C(=C)c1ccccc1OC)C(=O)O.Cl. The van der Waals surface area contributed by atoms with Gasteiger partial charge in [-0.25, -0.2) is 13.8 Å². The fraction of sp³-hybridized carbons (Fsp3) is 0.222. The maximum absolute atomic E-state index is 16.3. The van der Waals surface area contributed by atoms with Crippen LogP contribution in [0.3, 0.4) is 0 Å². The van der Waals surface area contributed by atoms with E-state index in [-0.39, 0.29) is 69.9 Å². The molecule has 0 radical (unpaired) electrons. The molecule has 1 fully saturated rings. The van der Waals surface area contributed by atoms with Gasteiger partial charge in [-0.05, 0) is 36.1 Å². The number of hydrogen-bond acceptors (Lipinski definition) is 9. The molecule has 0 amide bonds. The number of aromatic nitrogens is 2. The van der Waals surface area contributed by atoms with Crippen molar-refractivity contribution in [2.45, 2.75) is 31.3 Å². The van der Waals surface area contributed by atoms with Gasteiger partial charge in [-0.3, -0.25) is 9.59 Å². The maximum Gasteiger partial charge on any atom is 0.324 e. The molecule has 10 nitrogen and oxygen atoms in total. The highest BCUT2D eigenvalue weighted by molar-refractivity contribution is 6.27. The zero-order chi connectivity index (χ0) is 34.5. The largest absolute Gasteiger partial charge is 0.496 e. The summed E-state index contributed by atoms with van der Waals surface area (Å²) in [6.07, 6.45) is 2.01. The molecule has 2 unspecified atom stereocenters. The summed E-state index contributed by atoms with van der Waals surface area (Å²) in [5, 5.41) is 11.4. The minimum absolute atomic E-state index is 0. The van der Waals surface area contributed by atoms with Crippen molar-refractivity contribution in [3.63, 3.8) is 0 Å². The van der Waals surface area contributed by atoms with Gasteiger partial charge < -0.3 is 30.9 Å². The predicted molar refractivity (Wildman–Crippen MR) is 185 cm³/mol. The quantitative estimate of drug-likeness (QED) is 0.170. The number of carbonyl (C=O) groups excluding carboxylic acids is 1. The van der Waals surface area contributed by atoms with Crippen molar-refractivity contribution >= 4 is 52.8 Å². The van der Waals surface area contributed by atoms with Gasteiger partial charge in [-0.1, -0.05) is 49.6 Å². The number of ketones is 1. The maximum atomic E-state index is 16.3. The van der Waals surface area contributed by atoms with Gasteiger partial charge in [0.2, 0.25) is 5.95 Å². The lowest BCUT2D eigenvalue weighted by molar-refractivity contribution is -0.143. The standard InChI is InChI=1S/C36H33F2N5O5.ClH/c1-18(22-9-5-7-11-27(22)47-3)31-36(34(45)46,19(2)23-10-6-8-12-28(23)48-4)32(44)29-24(15-20-17-41-35(40)42-33(20)39)25(37)16-26(38)30(29)43(31)21-13-14-21;/h5-12,16-17,21,31H,1-2,13-15H2,3-4H3,(H,45,46)(H4,39,40,41,42);1H. The number of halogens is 3. The molecule has 2 aliphatic rings. The van der Waals surface area contributed by atoms with Crippen LogP contribution < -0.4 is 25.8 Å². The van der Waals surface area contributed by atoms with Crippen molar-refractivity contribution < 1.29 is 33.0 Å². The molecule has 13 heteroatoms. The molecule has 1 aliphatic carbocycles. The zero-order valence-corrected chi connectivity index (χ0v) is 27.5. The Hall–Kier alpha value is -5.49. The first-order chi connectivity index (χ1) is 23.0. The van der Waals surface area contributed by atoms with Gasteiger partial charge in [0, 0.05) is 47.0 Å². The molecule has 0 saturated heterocycles. The smallest absolute Gasteiger partial charge is 0.324 e. The lowest BCUT2D eigenvalue weighted by Crippen LogP contribution is -2.62. The number of aliphatic carboxylic acids is 1. The van der Waals surface area contributed by atoms with Crippen molar-refractivity contribution in [1.29, 1.82) is 0 Å². The van der Waals surface area contributed by atoms with Crippen LogP contribution in [0.25, 0.3) is 11.1 Å². The van der Waals surface area contributed by atoms with Crippen LogP contribution in [-0.2, 0) is 11.2 Å². The van der Waals surface area contributed by atoms with Gasteiger partial charge in [0.1, 0.15) is 29.0 Å². The number of nitrogens with two attached hydrogens (primary N) is 2. The highest BCUT2D eigenvalue weighted by atomic mass is 35.5. The van der Waals surface area contributed by atoms with Crippen molar-refractivity contribution in [3.05, 3.63) is 113 Å². The molecule has 254 valence electrons. The summed E-state index contributed by atoms with van der Waals surface area (Å²) in [7, 11) is 2.85. The molecule has 0 bridgehead atoms. The van der Waals surface area contributed by atoms with Crippen LogP contribution in [0.1, 0.15) is 45.5 Å². The van der Waals surface area contributed by atoms with Crippen LogP contribution in [0.4, 0.5) is 26.2 Å². The van der Waals surface area contributed by atoms with Crippen molar-refractivity contribution in [2.75, 3.05) is 30.6 Å². The lowest BCUT2D eigenvalue weighted by atomic mass is 9.61. The molecule has 49 heavy (non-hydrogen) atoms. The van der Waals surface area contributed by atoms with E-state index in [4.69, 9.17) is 20.9 Å². The molecular weight excluding hydrogens is 656 g/mol. The summed E-state index contributed by atoms with van der Waals surface area (Å²) in [4.78, 5) is 38.8. The Morgan fingerprint density at radius 1 is 1.02 bits per heavy atom. The van der Waals surface area contributed by atoms with Gasteiger partial charge in [-0.2, -0.15) is 4.98 Å². The van der Waals surface area contributed by atoms with Gasteiger partial charge in [0.25, 0.3) is 0 Å². The Morgan fingerprint density at radius 3 is 2.18 bits per heavy atom. The highest BCUT2D eigenvalue weighted by Gasteiger charge is 2.64. The molecule has 3 aromatic carbocycles. The normalized spacial score (nSPS) is 18.2. The van der Waals surface area contributed by atoms with Crippen molar-refractivity contribution in [2.24, 2.45) is 5.41 Å². The van der Waals surface area contributed by atoms with Crippen molar-refractivity contribution in [1.82, 2.24) is 9.97 Å². The van der Waals surface area contributed by atoms with Gasteiger partial charge >= 0.3 is 5.97 Å². The molecule has 4 aromatic rings. The molecule has 0 spiro atoms. The number of benzene rings is 3. The Kier molecular flexibility index (Phi) is 9.38. The summed E-state index contributed by atoms with van der Waals surface area (Å²) in [6, 6.07) is 12.2. The number of carboxylic acid groups (broad SMARTS) is 1. The number of ether oxygens (including phenoxy) is 2. The molecule has 1 aliphatic heterocycles. The number of nitrogen functional groups attached to an aromatic ring is 2. The Balaban J connectivity index is 0.00000468. The van der Waals surface area contributed by atoms with E-state index in [1.807, 2.05) is 0 Å². The molecular formula is C36H34ClF2N5O5. The molecule has 6 rings (SSSR count). The monoisotopic (exact) mass is 689 g/mol. The number of methoxy groups -OCH3 is 2. The summed E-state index contributed by atoms with van der Waals surface area (Å²) < 4.78 is 43.5. The summed E-state index contributed by atoms with van der Waals surface area (Å²) in [5.41, 5.74) is 9.07. The highest BCUT2D eigenvalue weighted by Crippen LogP contribution is 2.57. The number of carboxylic acids is 1. The average Bonchev–Trinajstić information content (AvgIpc) is 3.92. The number of Topliss-reactive ketones (excluding diaryl/α,β-unsaturated/α-hetero) is 1. The van der Waals surface area contributed by atoms with Gasteiger partial charge in [0.15, 0.2) is 11.2 Å². The number of fused-ring (bicyclic) bond motifs is 1. The van der Waals surface area contributed by atoms with Crippen LogP contribution in [0.15, 0.2) is 74.0 Å². The average molecular weight is 690 g/mol. The second-order valence-electron chi connectivity index (χ2n) is 11.7. The number of rotatable bonds is 10. The van der Waals surface area contributed by atoms with E-state index in [1.54, 1.807) is 53.4 Å². The number of anilines is 3. The fourth-order valence-electron chi connectivity index (χ4n) is 6.72. The van der Waals surface area contributed by atoms with Crippen molar-refractivity contribution in [3.8, 4) is 11.5 Å². The van der Waals surface area contributed by atoms with E-state index in [0.717, 1.165) is 0 Å². The van der Waals surface area contributed by atoms with Crippen LogP contribution in [-0.4, -0.2) is 53.1 Å². The first kappa shape index (κ1) is 34.8. The number of nitrogens with zero attached hydrogens (tertiary/aromatic N) is 3. The second-order valence-corrected chi connectivity index (χ2v) is 11.7. The van der Waals surface area contributed by atoms with Gasteiger partial charge in [-0.15, -0.1) is 12.4 Å². The van der Waals surface area contributed by atoms with Gasteiger partial charge in [0.05, 0.1) is 31.5 Å². The van der Waals surface area contributed by atoms with Crippen LogP contribution >= 0.6 is 12.4 Å². The van der Waals surface area contributed by atoms with E-state index in [9.17, 15) is 9.90 Å². The predicted octanol–water partition coefficient (Wildman–Crippen LogP) is 5.98. The summed E-state index contributed by atoms with van der Waals surface area (Å²) in [5.74, 6) is -4.37. The lowest BCUT2D eigenvalue weighted by Gasteiger charge is -2.50. The molecule has 2 atom stereocenters. The van der Waals surface area contributed by atoms with E-state index >= 15 is 13.6 Å². The van der Waals surface area contributed by atoms with E-state index in [2.05, 4.69) is 23.1 Å². The Bertz CT molecular complexity index is 2020. The van der Waals surface area contributed by atoms with E-state index in [0.29, 0.717) is 30.2 Å². The van der Waals surface area contributed by atoms with E-state index < -0.39 is 46.4 Å². The van der Waals surface area contributed by atoms with Crippen LogP contribution in [0.5, 0.6) is 11.5 Å².